The molecule has 2 rings (SSSR count). The Hall–Kier alpha value is -1.88. The van der Waals surface area contributed by atoms with E-state index in [0.29, 0.717) is 17.5 Å². The zero-order valence-electron chi connectivity index (χ0n) is 14.0. The molecule has 0 aromatic heterocycles. The number of amides is 3. The lowest BCUT2D eigenvalue weighted by Gasteiger charge is -2.24. The third-order valence-corrected chi connectivity index (χ3v) is 4.58. The number of benzene rings is 1. The zero-order chi connectivity index (χ0) is 17.7. The van der Waals surface area contributed by atoms with Gasteiger partial charge in [0.15, 0.2) is 0 Å². The lowest BCUT2D eigenvalue weighted by atomic mass is 9.88. The summed E-state index contributed by atoms with van der Waals surface area (Å²) in [5.41, 5.74) is 1.13. The number of rotatable bonds is 6. The fourth-order valence-corrected chi connectivity index (χ4v) is 3.13. The van der Waals surface area contributed by atoms with Crippen molar-refractivity contribution in [2.75, 3.05) is 6.54 Å². The first kappa shape index (κ1) is 18.5. The lowest BCUT2D eigenvalue weighted by Crippen LogP contribution is -2.40. The minimum atomic E-state index is -0.301. The van der Waals surface area contributed by atoms with Gasteiger partial charge in [-0.2, -0.15) is 0 Å². The maximum Gasteiger partial charge on any atom is 0.226 e. The Labute approximate surface area is 147 Å². The maximum atomic E-state index is 12.2. The van der Waals surface area contributed by atoms with Crippen molar-refractivity contribution in [2.45, 2.75) is 39.0 Å². The molecule has 0 spiro atoms. The molecule has 0 aliphatic carbocycles. The highest BCUT2D eigenvalue weighted by atomic mass is 35.5. The van der Waals surface area contributed by atoms with Crippen molar-refractivity contribution in [1.29, 1.82) is 0 Å². The summed E-state index contributed by atoms with van der Waals surface area (Å²) in [5.74, 6) is -0.395. The number of hydrogen-bond acceptors (Lipinski definition) is 3. The van der Waals surface area contributed by atoms with Crippen LogP contribution in [0.5, 0.6) is 0 Å². The van der Waals surface area contributed by atoms with Crippen LogP contribution in [0.3, 0.4) is 0 Å². The van der Waals surface area contributed by atoms with Crippen LogP contribution in [0.2, 0.25) is 5.02 Å². The lowest BCUT2D eigenvalue weighted by molar-refractivity contribution is -0.135. The van der Waals surface area contributed by atoms with E-state index in [1.807, 2.05) is 24.3 Å². The van der Waals surface area contributed by atoms with Gasteiger partial charge in [0.05, 0.1) is 0 Å². The topological polar surface area (TPSA) is 75.3 Å². The fraction of sp³-hybridized carbons (Fsp3) is 0.500. The highest BCUT2D eigenvalue weighted by molar-refractivity contribution is 6.30. The molecule has 0 radical (unpaired) electrons. The van der Waals surface area contributed by atoms with Crippen molar-refractivity contribution in [2.24, 2.45) is 11.8 Å². The Kier molecular flexibility index (Phi) is 6.37. The van der Waals surface area contributed by atoms with Crippen LogP contribution in [0.4, 0.5) is 0 Å². The molecule has 130 valence electrons. The van der Waals surface area contributed by atoms with Crippen molar-refractivity contribution < 1.29 is 14.4 Å². The molecule has 2 N–H and O–H groups in total. The number of carbonyl (C=O) groups excluding carboxylic acids is 3. The van der Waals surface area contributed by atoms with Gasteiger partial charge in [-0.1, -0.05) is 37.6 Å². The molecule has 6 heteroatoms. The minimum absolute atomic E-state index is 0.123. The first-order valence-corrected chi connectivity index (χ1v) is 8.57. The molecule has 1 atom stereocenters. The molecule has 1 aliphatic rings. The summed E-state index contributed by atoms with van der Waals surface area (Å²) in [4.78, 5) is 34.9. The standard InChI is InChI=1S/C18H23ClN2O3/c1-11(2)15(13-3-5-14(19)6-4-13)10-20-16(22)7-12-8-17(23)21-18(24)9-12/h3-6,11-12,15H,7-10H2,1-2H3,(H,20,22)(H,21,23,24). The van der Waals surface area contributed by atoms with Gasteiger partial charge in [0.2, 0.25) is 17.7 Å². The quantitative estimate of drug-likeness (QED) is 0.774. The molecular formula is C18H23ClN2O3. The molecule has 1 heterocycles. The van der Waals surface area contributed by atoms with Crippen molar-refractivity contribution >= 4 is 29.3 Å². The van der Waals surface area contributed by atoms with Gasteiger partial charge < -0.3 is 5.32 Å². The SMILES string of the molecule is CC(C)C(CNC(=O)CC1CC(=O)NC(=O)C1)c1ccc(Cl)cc1. The second-order valence-corrected chi connectivity index (χ2v) is 7.09. The first-order valence-electron chi connectivity index (χ1n) is 8.20. The predicted octanol–water partition coefficient (Wildman–Crippen LogP) is 2.64. The molecule has 1 aliphatic heterocycles. The second-order valence-electron chi connectivity index (χ2n) is 6.66. The average molecular weight is 351 g/mol. The maximum absolute atomic E-state index is 12.2. The van der Waals surface area contributed by atoms with Crippen molar-refractivity contribution in [3.8, 4) is 0 Å². The third-order valence-electron chi connectivity index (χ3n) is 4.32. The molecule has 1 aromatic carbocycles. The smallest absolute Gasteiger partial charge is 0.226 e. The molecule has 5 nitrogen and oxygen atoms in total. The summed E-state index contributed by atoms with van der Waals surface area (Å²) in [6.07, 6.45) is 0.651. The highest BCUT2D eigenvalue weighted by Gasteiger charge is 2.27. The second kappa shape index (κ2) is 8.29. The highest BCUT2D eigenvalue weighted by Crippen LogP contribution is 2.25. The van der Waals surface area contributed by atoms with Crippen LogP contribution in [0, 0.1) is 11.8 Å². The van der Waals surface area contributed by atoms with Crippen LogP contribution in [0.1, 0.15) is 44.6 Å². The van der Waals surface area contributed by atoms with Gasteiger partial charge >= 0.3 is 0 Å². The molecule has 1 fully saturated rings. The van der Waals surface area contributed by atoms with Crippen molar-refractivity contribution in [3.05, 3.63) is 34.9 Å². The number of imide groups is 1. The number of carbonyl (C=O) groups is 3. The Morgan fingerprint density at radius 3 is 2.33 bits per heavy atom. The average Bonchev–Trinajstić information content (AvgIpc) is 2.47. The normalized spacial score (nSPS) is 16.8. The van der Waals surface area contributed by atoms with E-state index in [-0.39, 0.29) is 48.8 Å². The van der Waals surface area contributed by atoms with Gasteiger partial charge in [-0.05, 0) is 29.5 Å². The molecule has 0 saturated carbocycles. The van der Waals surface area contributed by atoms with Crippen molar-refractivity contribution in [1.82, 2.24) is 10.6 Å². The summed E-state index contributed by atoms with van der Waals surface area (Å²) in [6.45, 7) is 4.73. The largest absolute Gasteiger partial charge is 0.355 e. The number of halogens is 1. The molecular weight excluding hydrogens is 328 g/mol. The van der Waals surface area contributed by atoms with E-state index in [1.165, 1.54) is 0 Å². The van der Waals surface area contributed by atoms with Crippen molar-refractivity contribution in [3.63, 3.8) is 0 Å². The summed E-state index contributed by atoms with van der Waals surface area (Å²) in [6, 6.07) is 7.65. The molecule has 1 unspecified atom stereocenters. The van der Waals surface area contributed by atoms with E-state index in [2.05, 4.69) is 24.5 Å². The third kappa shape index (κ3) is 5.34. The van der Waals surface area contributed by atoms with Gasteiger partial charge in [0.25, 0.3) is 0 Å². The van der Waals surface area contributed by atoms with Crippen LogP contribution in [-0.2, 0) is 14.4 Å². The summed E-state index contributed by atoms with van der Waals surface area (Å²) < 4.78 is 0. The monoisotopic (exact) mass is 350 g/mol. The van der Waals surface area contributed by atoms with Crippen LogP contribution in [0.25, 0.3) is 0 Å². The van der Waals surface area contributed by atoms with E-state index in [1.54, 1.807) is 0 Å². The summed E-state index contributed by atoms with van der Waals surface area (Å²) in [7, 11) is 0. The number of piperidine rings is 1. The Bertz CT molecular complexity index is 597. The Balaban J connectivity index is 1.89. The Morgan fingerprint density at radius 1 is 1.21 bits per heavy atom. The first-order chi connectivity index (χ1) is 11.3. The van der Waals surface area contributed by atoms with E-state index < -0.39 is 0 Å². The zero-order valence-corrected chi connectivity index (χ0v) is 14.7. The molecule has 3 amide bonds. The number of hydrogen-bond donors (Lipinski definition) is 2. The van der Waals surface area contributed by atoms with Gasteiger partial charge in [0.1, 0.15) is 0 Å². The predicted molar refractivity (Wildman–Crippen MR) is 92.5 cm³/mol. The minimum Gasteiger partial charge on any atom is -0.355 e. The van der Waals surface area contributed by atoms with E-state index in [4.69, 9.17) is 11.6 Å². The van der Waals surface area contributed by atoms with Gasteiger partial charge in [0, 0.05) is 36.7 Å². The summed E-state index contributed by atoms with van der Waals surface area (Å²) >= 11 is 5.93. The van der Waals surface area contributed by atoms with E-state index in [9.17, 15) is 14.4 Å². The molecule has 1 aromatic rings. The summed E-state index contributed by atoms with van der Waals surface area (Å²) in [5, 5.41) is 5.88. The molecule has 0 bridgehead atoms. The van der Waals surface area contributed by atoms with Gasteiger partial charge in [-0.25, -0.2) is 0 Å². The molecule has 24 heavy (non-hydrogen) atoms. The molecule has 1 saturated heterocycles. The van der Waals surface area contributed by atoms with Crippen LogP contribution < -0.4 is 10.6 Å². The van der Waals surface area contributed by atoms with Gasteiger partial charge in [-0.15, -0.1) is 0 Å². The number of nitrogens with one attached hydrogen (secondary N) is 2. The Morgan fingerprint density at radius 2 is 1.79 bits per heavy atom. The van der Waals surface area contributed by atoms with Crippen LogP contribution in [-0.4, -0.2) is 24.3 Å². The fourth-order valence-electron chi connectivity index (χ4n) is 3.01. The van der Waals surface area contributed by atoms with Crippen LogP contribution >= 0.6 is 11.6 Å². The van der Waals surface area contributed by atoms with E-state index in [0.717, 1.165) is 5.56 Å². The van der Waals surface area contributed by atoms with Crippen LogP contribution in [0.15, 0.2) is 24.3 Å². The van der Waals surface area contributed by atoms with E-state index >= 15 is 0 Å². The van der Waals surface area contributed by atoms with Gasteiger partial charge in [-0.3, -0.25) is 19.7 Å².